The van der Waals surface area contributed by atoms with E-state index in [2.05, 4.69) is 10.4 Å². The molecule has 0 saturated heterocycles. The predicted octanol–water partition coefficient (Wildman–Crippen LogP) is 3.41. The summed E-state index contributed by atoms with van der Waals surface area (Å²) in [5.41, 5.74) is 8.75. The van der Waals surface area contributed by atoms with Crippen LogP contribution in [-0.4, -0.2) is 28.3 Å². The number of nitrogens with zero attached hydrogens (tertiary/aromatic N) is 2. The van der Waals surface area contributed by atoms with Crippen LogP contribution in [0.5, 0.6) is 0 Å². The Bertz CT molecular complexity index is 884. The van der Waals surface area contributed by atoms with Gasteiger partial charge in [-0.05, 0) is 25.0 Å². The van der Waals surface area contributed by atoms with Gasteiger partial charge in [0, 0.05) is 30.1 Å². The molecule has 136 valence electrons. The molecule has 3 aromatic rings. The minimum absolute atomic E-state index is 0.115. The van der Waals surface area contributed by atoms with Crippen molar-refractivity contribution < 1.29 is 4.79 Å². The van der Waals surface area contributed by atoms with Crippen molar-refractivity contribution in [2.75, 3.05) is 6.54 Å². The lowest BCUT2D eigenvalue weighted by Crippen LogP contribution is -2.41. The van der Waals surface area contributed by atoms with Gasteiger partial charge in [-0.3, -0.25) is 9.48 Å². The zero-order valence-electron chi connectivity index (χ0n) is 14.7. The first-order chi connectivity index (χ1) is 12.5. The summed E-state index contributed by atoms with van der Waals surface area (Å²) in [5.74, 6) is -0.117. The summed E-state index contributed by atoms with van der Waals surface area (Å²) in [6.07, 6.45) is 2.31. The molecule has 5 nitrogen and oxygen atoms in total. The number of carbonyl (C=O) groups excluding carboxylic acids is 1. The minimum atomic E-state index is -0.117. The summed E-state index contributed by atoms with van der Waals surface area (Å²) in [6.45, 7) is 2.36. The quantitative estimate of drug-likeness (QED) is 0.679. The van der Waals surface area contributed by atoms with E-state index in [0.717, 1.165) is 21.7 Å². The fourth-order valence-electron chi connectivity index (χ4n) is 2.89. The molecule has 1 aromatic carbocycles. The third-order valence-electron chi connectivity index (χ3n) is 4.24. The van der Waals surface area contributed by atoms with E-state index in [0.29, 0.717) is 22.9 Å². The number of thiophene rings is 1. The molecule has 1 unspecified atom stereocenters. The number of aromatic nitrogens is 2. The van der Waals surface area contributed by atoms with Crippen LogP contribution in [0.1, 0.15) is 20.1 Å². The van der Waals surface area contributed by atoms with Crippen molar-refractivity contribution in [3.8, 4) is 11.3 Å². The molecule has 1 amide bonds. The molecule has 7 heteroatoms. The molecular formula is C19H21ClN4OS. The highest BCUT2D eigenvalue weighted by Gasteiger charge is 2.20. The predicted molar refractivity (Wildman–Crippen MR) is 107 cm³/mol. The molecule has 26 heavy (non-hydrogen) atoms. The van der Waals surface area contributed by atoms with E-state index in [9.17, 15) is 4.79 Å². The number of carbonyl (C=O) groups is 1. The monoisotopic (exact) mass is 388 g/mol. The van der Waals surface area contributed by atoms with Crippen LogP contribution >= 0.6 is 22.9 Å². The molecule has 0 bridgehead atoms. The van der Waals surface area contributed by atoms with Crippen LogP contribution in [0.4, 0.5) is 0 Å². The SMILES string of the molecule is Cc1sc(C(=O)NC(CN)Cc2ccccc2)cc1-c1c(Cl)cnn1C. The van der Waals surface area contributed by atoms with Gasteiger partial charge in [0.1, 0.15) is 0 Å². The Balaban J connectivity index is 1.77. The summed E-state index contributed by atoms with van der Waals surface area (Å²) in [4.78, 5) is 14.4. The van der Waals surface area contributed by atoms with Crippen molar-refractivity contribution in [3.05, 3.63) is 62.9 Å². The Kier molecular flexibility index (Phi) is 5.76. The summed E-state index contributed by atoms with van der Waals surface area (Å²) >= 11 is 7.69. The smallest absolute Gasteiger partial charge is 0.261 e. The lowest BCUT2D eigenvalue weighted by atomic mass is 10.1. The fourth-order valence-corrected chi connectivity index (χ4v) is 4.08. The first-order valence-corrected chi connectivity index (χ1v) is 9.52. The van der Waals surface area contributed by atoms with Crippen LogP contribution in [-0.2, 0) is 13.5 Å². The average molecular weight is 389 g/mol. The van der Waals surface area contributed by atoms with E-state index >= 15 is 0 Å². The largest absolute Gasteiger partial charge is 0.347 e. The van der Waals surface area contributed by atoms with Gasteiger partial charge in [-0.1, -0.05) is 41.9 Å². The fraction of sp³-hybridized carbons (Fsp3) is 0.263. The van der Waals surface area contributed by atoms with E-state index < -0.39 is 0 Å². The molecule has 3 N–H and O–H groups in total. The van der Waals surface area contributed by atoms with E-state index in [-0.39, 0.29) is 11.9 Å². The molecule has 0 spiro atoms. The lowest BCUT2D eigenvalue weighted by Gasteiger charge is -2.16. The highest BCUT2D eigenvalue weighted by atomic mass is 35.5. The second-order valence-electron chi connectivity index (χ2n) is 6.14. The Hall–Kier alpha value is -2.15. The third kappa shape index (κ3) is 3.98. The van der Waals surface area contributed by atoms with E-state index in [1.807, 2.05) is 50.4 Å². The van der Waals surface area contributed by atoms with Gasteiger partial charge in [0.2, 0.25) is 0 Å². The van der Waals surface area contributed by atoms with Gasteiger partial charge >= 0.3 is 0 Å². The maximum Gasteiger partial charge on any atom is 0.261 e. The average Bonchev–Trinajstić information content (AvgIpc) is 3.17. The highest BCUT2D eigenvalue weighted by molar-refractivity contribution is 7.14. The second-order valence-corrected chi connectivity index (χ2v) is 7.80. The van der Waals surface area contributed by atoms with E-state index in [4.69, 9.17) is 17.3 Å². The summed E-state index contributed by atoms with van der Waals surface area (Å²) < 4.78 is 1.72. The molecule has 0 saturated carbocycles. The minimum Gasteiger partial charge on any atom is -0.347 e. The van der Waals surface area contributed by atoms with Crippen molar-refractivity contribution in [3.63, 3.8) is 0 Å². The van der Waals surface area contributed by atoms with Crippen LogP contribution < -0.4 is 11.1 Å². The highest BCUT2D eigenvalue weighted by Crippen LogP contribution is 2.34. The Morgan fingerprint density at radius 3 is 2.73 bits per heavy atom. The molecule has 2 heterocycles. The molecule has 0 fully saturated rings. The number of rotatable bonds is 6. The zero-order chi connectivity index (χ0) is 18.7. The Morgan fingerprint density at radius 1 is 1.38 bits per heavy atom. The van der Waals surface area contributed by atoms with E-state index in [1.54, 1.807) is 10.9 Å². The number of aryl methyl sites for hydroxylation is 2. The third-order valence-corrected chi connectivity index (χ3v) is 5.56. The molecule has 2 aromatic heterocycles. The van der Waals surface area contributed by atoms with Crippen molar-refractivity contribution in [2.24, 2.45) is 12.8 Å². The first kappa shape index (κ1) is 18.6. The number of hydrogen-bond acceptors (Lipinski definition) is 4. The maximum atomic E-state index is 12.7. The molecule has 0 radical (unpaired) electrons. The van der Waals surface area contributed by atoms with Crippen molar-refractivity contribution in [1.29, 1.82) is 0 Å². The zero-order valence-corrected chi connectivity index (χ0v) is 16.3. The first-order valence-electron chi connectivity index (χ1n) is 8.32. The van der Waals surface area contributed by atoms with Gasteiger partial charge in [0.15, 0.2) is 0 Å². The van der Waals surface area contributed by atoms with Gasteiger partial charge in [0.25, 0.3) is 5.91 Å². The van der Waals surface area contributed by atoms with Crippen molar-refractivity contribution in [1.82, 2.24) is 15.1 Å². The van der Waals surface area contributed by atoms with Crippen LogP contribution in [0.15, 0.2) is 42.6 Å². The molecular weight excluding hydrogens is 368 g/mol. The second kappa shape index (κ2) is 8.03. The van der Waals surface area contributed by atoms with E-state index in [1.165, 1.54) is 11.3 Å². The lowest BCUT2D eigenvalue weighted by molar-refractivity contribution is 0.0942. The molecule has 0 aliphatic heterocycles. The molecule has 0 aliphatic carbocycles. The molecule has 1 atom stereocenters. The van der Waals surface area contributed by atoms with Gasteiger partial charge in [-0.15, -0.1) is 11.3 Å². The number of nitrogens with one attached hydrogen (secondary N) is 1. The maximum absolute atomic E-state index is 12.7. The van der Waals surface area contributed by atoms with Crippen LogP contribution in [0.2, 0.25) is 5.02 Å². The number of nitrogens with two attached hydrogens (primary N) is 1. The standard InChI is InChI=1S/C19H21ClN4OS/c1-12-15(18-16(20)11-22-24(18)2)9-17(26-12)19(25)23-14(10-21)8-13-6-4-3-5-7-13/h3-7,9,11,14H,8,10,21H2,1-2H3,(H,23,25). The molecule has 3 rings (SSSR count). The van der Waals surface area contributed by atoms with Crippen LogP contribution in [0.3, 0.4) is 0 Å². The number of benzene rings is 1. The summed E-state index contributed by atoms with van der Waals surface area (Å²) in [6, 6.07) is 11.8. The number of amides is 1. The van der Waals surface area contributed by atoms with Gasteiger partial charge < -0.3 is 11.1 Å². The Morgan fingerprint density at radius 2 is 2.12 bits per heavy atom. The normalized spacial score (nSPS) is 12.2. The number of hydrogen-bond donors (Lipinski definition) is 2. The van der Waals surface area contributed by atoms with Crippen LogP contribution in [0, 0.1) is 6.92 Å². The van der Waals surface area contributed by atoms with Crippen molar-refractivity contribution in [2.45, 2.75) is 19.4 Å². The Labute approximate surface area is 161 Å². The molecule has 0 aliphatic rings. The van der Waals surface area contributed by atoms with Gasteiger partial charge in [0.05, 0.1) is 21.8 Å². The topological polar surface area (TPSA) is 72.9 Å². The number of halogens is 1. The van der Waals surface area contributed by atoms with Gasteiger partial charge in [-0.2, -0.15) is 5.10 Å². The van der Waals surface area contributed by atoms with Gasteiger partial charge in [-0.25, -0.2) is 0 Å². The summed E-state index contributed by atoms with van der Waals surface area (Å²) in [5, 5.41) is 7.78. The van der Waals surface area contributed by atoms with Crippen molar-refractivity contribution >= 4 is 28.8 Å². The van der Waals surface area contributed by atoms with Crippen LogP contribution in [0.25, 0.3) is 11.3 Å². The summed E-state index contributed by atoms with van der Waals surface area (Å²) in [7, 11) is 1.84.